The first-order chi connectivity index (χ1) is 5.79. The van der Waals surface area contributed by atoms with Gasteiger partial charge in [0.05, 0.1) is 0 Å². The molecule has 0 saturated carbocycles. The lowest BCUT2D eigenvalue weighted by Crippen LogP contribution is -2.02. The fraction of sp³-hybridized carbons (Fsp3) is 0.273. The van der Waals surface area contributed by atoms with Crippen LogP contribution in [0, 0.1) is 0 Å². The summed E-state index contributed by atoms with van der Waals surface area (Å²) in [6, 6.07) is 0. The van der Waals surface area contributed by atoms with E-state index in [1.807, 2.05) is 24.4 Å². The molecule has 0 unspecified atom stereocenters. The quantitative estimate of drug-likeness (QED) is 0.614. The molecule has 0 spiro atoms. The molecule has 0 aromatic heterocycles. The second-order valence-corrected chi connectivity index (χ2v) is 3.07. The lowest BCUT2D eigenvalue weighted by atomic mass is 10.2. The van der Waals surface area contributed by atoms with Crippen LogP contribution in [0.25, 0.3) is 0 Å². The van der Waals surface area contributed by atoms with Crippen LogP contribution in [-0.2, 0) is 0 Å². The van der Waals surface area contributed by atoms with Gasteiger partial charge in [0.25, 0.3) is 0 Å². The zero-order valence-electron chi connectivity index (χ0n) is 7.67. The number of nitrogens with one attached hydrogen (secondary N) is 1. The van der Waals surface area contributed by atoms with Crippen molar-refractivity contribution in [3.05, 3.63) is 47.9 Å². The van der Waals surface area contributed by atoms with Gasteiger partial charge in [-0.1, -0.05) is 23.8 Å². The molecule has 1 heteroatoms. The van der Waals surface area contributed by atoms with Crippen LogP contribution in [0.3, 0.4) is 0 Å². The second-order valence-electron chi connectivity index (χ2n) is 3.07. The minimum atomic E-state index is 0.983. The van der Waals surface area contributed by atoms with Crippen LogP contribution in [0.15, 0.2) is 47.9 Å². The van der Waals surface area contributed by atoms with E-state index in [4.69, 9.17) is 0 Å². The Labute approximate surface area is 74.2 Å². The van der Waals surface area contributed by atoms with E-state index in [0.29, 0.717) is 0 Å². The maximum Gasteiger partial charge on any atom is 0.0184 e. The molecule has 12 heavy (non-hydrogen) atoms. The van der Waals surface area contributed by atoms with Gasteiger partial charge in [-0.2, -0.15) is 0 Å². The minimum Gasteiger partial charge on any atom is -0.365 e. The molecule has 1 aliphatic rings. The standard InChI is InChI=1S/C11H15N/c1-10(2)7-8-11-6-4-3-5-9-12-11/h3-7,9,12H,8H2,1-2H3. The topological polar surface area (TPSA) is 12.0 Å². The van der Waals surface area contributed by atoms with Gasteiger partial charge in [-0.3, -0.25) is 0 Å². The zero-order chi connectivity index (χ0) is 8.81. The van der Waals surface area contributed by atoms with Gasteiger partial charge >= 0.3 is 0 Å². The van der Waals surface area contributed by atoms with Gasteiger partial charge < -0.3 is 5.32 Å². The van der Waals surface area contributed by atoms with E-state index in [0.717, 1.165) is 6.42 Å². The van der Waals surface area contributed by atoms with Crippen molar-refractivity contribution in [3.8, 4) is 0 Å². The molecule has 0 atom stereocenters. The van der Waals surface area contributed by atoms with Gasteiger partial charge in [-0.25, -0.2) is 0 Å². The third-order valence-corrected chi connectivity index (χ3v) is 1.61. The van der Waals surface area contributed by atoms with Crippen molar-refractivity contribution < 1.29 is 0 Å². The minimum absolute atomic E-state index is 0.983. The van der Waals surface area contributed by atoms with Crippen LogP contribution in [0.1, 0.15) is 20.3 Å². The second kappa shape index (κ2) is 4.60. The summed E-state index contributed by atoms with van der Waals surface area (Å²) >= 11 is 0. The van der Waals surface area contributed by atoms with E-state index in [1.54, 1.807) is 0 Å². The van der Waals surface area contributed by atoms with Gasteiger partial charge in [0, 0.05) is 18.3 Å². The van der Waals surface area contributed by atoms with E-state index in [9.17, 15) is 0 Å². The van der Waals surface area contributed by atoms with Crippen LogP contribution in [0.2, 0.25) is 0 Å². The molecule has 0 saturated heterocycles. The molecule has 1 nitrogen and oxygen atoms in total. The fourth-order valence-corrected chi connectivity index (χ4v) is 0.936. The van der Waals surface area contributed by atoms with Gasteiger partial charge in [0.1, 0.15) is 0 Å². The van der Waals surface area contributed by atoms with Crippen molar-refractivity contribution in [2.45, 2.75) is 20.3 Å². The number of rotatable bonds is 2. The molecule has 1 N–H and O–H groups in total. The van der Waals surface area contributed by atoms with Crippen LogP contribution < -0.4 is 5.32 Å². The Hall–Kier alpha value is -1.24. The van der Waals surface area contributed by atoms with Gasteiger partial charge in [0.2, 0.25) is 0 Å². The molecule has 0 radical (unpaired) electrons. The fourth-order valence-electron chi connectivity index (χ4n) is 0.936. The third kappa shape index (κ3) is 3.24. The number of hydrogen-bond donors (Lipinski definition) is 1. The summed E-state index contributed by atoms with van der Waals surface area (Å²) in [6.07, 6.45) is 13.3. The highest BCUT2D eigenvalue weighted by Crippen LogP contribution is 2.04. The first-order valence-electron chi connectivity index (χ1n) is 4.21. The summed E-state index contributed by atoms with van der Waals surface area (Å²) in [4.78, 5) is 0. The van der Waals surface area contributed by atoms with E-state index >= 15 is 0 Å². The smallest absolute Gasteiger partial charge is 0.0184 e. The number of hydrogen-bond acceptors (Lipinski definition) is 1. The monoisotopic (exact) mass is 161 g/mol. The molecule has 1 aliphatic heterocycles. The van der Waals surface area contributed by atoms with Crippen molar-refractivity contribution in [1.29, 1.82) is 0 Å². The molecule has 0 aliphatic carbocycles. The highest BCUT2D eigenvalue weighted by atomic mass is 14.8. The molecular formula is C11H15N. The molecule has 0 bridgehead atoms. The van der Waals surface area contributed by atoms with Crippen LogP contribution in [0.5, 0.6) is 0 Å². The van der Waals surface area contributed by atoms with Crippen molar-refractivity contribution in [3.63, 3.8) is 0 Å². The van der Waals surface area contributed by atoms with E-state index in [1.165, 1.54) is 11.3 Å². The highest BCUT2D eigenvalue weighted by molar-refractivity contribution is 5.22. The molecule has 0 amide bonds. The summed E-state index contributed by atoms with van der Waals surface area (Å²) in [7, 11) is 0. The summed E-state index contributed by atoms with van der Waals surface area (Å²) in [5.74, 6) is 0. The normalized spacial score (nSPS) is 14.7. The number of allylic oxidation sites excluding steroid dienone is 6. The lowest BCUT2D eigenvalue weighted by molar-refractivity contribution is 0.990. The summed E-state index contributed by atoms with van der Waals surface area (Å²) < 4.78 is 0. The Kier molecular flexibility index (Phi) is 3.39. The molecule has 0 fully saturated rings. The Morgan fingerprint density at radius 1 is 1.33 bits per heavy atom. The van der Waals surface area contributed by atoms with Crippen LogP contribution in [0.4, 0.5) is 0 Å². The third-order valence-electron chi connectivity index (χ3n) is 1.61. The predicted molar refractivity (Wildman–Crippen MR) is 53.5 cm³/mol. The van der Waals surface area contributed by atoms with E-state index in [-0.39, 0.29) is 0 Å². The average Bonchev–Trinajstić information content (AvgIpc) is 2.28. The predicted octanol–water partition coefficient (Wildman–Crippen LogP) is 2.90. The molecule has 0 aromatic rings. The van der Waals surface area contributed by atoms with Crippen molar-refractivity contribution in [2.75, 3.05) is 0 Å². The molecule has 0 aromatic carbocycles. The maximum atomic E-state index is 3.21. The Morgan fingerprint density at radius 2 is 2.17 bits per heavy atom. The highest BCUT2D eigenvalue weighted by Gasteiger charge is 1.91. The first-order valence-corrected chi connectivity index (χ1v) is 4.21. The van der Waals surface area contributed by atoms with Crippen molar-refractivity contribution in [2.24, 2.45) is 0 Å². The Bertz CT molecular complexity index is 250. The van der Waals surface area contributed by atoms with Crippen molar-refractivity contribution >= 4 is 0 Å². The van der Waals surface area contributed by atoms with Gasteiger partial charge in [-0.05, 0) is 26.0 Å². The zero-order valence-corrected chi connectivity index (χ0v) is 7.67. The summed E-state index contributed by atoms with van der Waals surface area (Å²) in [5.41, 5.74) is 2.59. The van der Waals surface area contributed by atoms with Crippen LogP contribution >= 0.6 is 0 Å². The average molecular weight is 161 g/mol. The largest absolute Gasteiger partial charge is 0.365 e. The SMILES string of the molecule is CC(C)=CCC1=CC=CC=CN1. The molecular weight excluding hydrogens is 146 g/mol. The Balaban J connectivity index is 2.52. The van der Waals surface area contributed by atoms with Gasteiger partial charge in [-0.15, -0.1) is 0 Å². The summed E-state index contributed by atoms with van der Waals surface area (Å²) in [6.45, 7) is 4.23. The van der Waals surface area contributed by atoms with E-state index in [2.05, 4.69) is 31.3 Å². The molecule has 1 rings (SSSR count). The maximum absolute atomic E-state index is 3.21. The molecule has 64 valence electrons. The lowest BCUT2D eigenvalue weighted by Gasteiger charge is -2.01. The molecule has 1 heterocycles. The Morgan fingerprint density at radius 3 is 2.92 bits per heavy atom. The van der Waals surface area contributed by atoms with Crippen molar-refractivity contribution in [1.82, 2.24) is 5.32 Å². The first kappa shape index (κ1) is 8.85. The van der Waals surface area contributed by atoms with Crippen LogP contribution in [-0.4, -0.2) is 0 Å². The van der Waals surface area contributed by atoms with E-state index < -0.39 is 0 Å². The van der Waals surface area contributed by atoms with Gasteiger partial charge in [0.15, 0.2) is 0 Å². The summed E-state index contributed by atoms with van der Waals surface area (Å²) in [5, 5.41) is 3.21.